The van der Waals surface area contributed by atoms with E-state index in [4.69, 9.17) is 5.73 Å². The molecule has 1 aromatic heterocycles. The third-order valence-electron chi connectivity index (χ3n) is 6.61. The molecule has 2 saturated carbocycles. The van der Waals surface area contributed by atoms with Crippen molar-refractivity contribution in [1.82, 2.24) is 9.80 Å². The molecule has 0 spiro atoms. The maximum absolute atomic E-state index is 13.0. The molecule has 2 aliphatic heterocycles. The molecule has 2 fully saturated rings. The van der Waals surface area contributed by atoms with Crippen LogP contribution in [-0.2, 0) is 22.6 Å². The smallest absolute Gasteiger partial charge is 0.257 e. The Labute approximate surface area is 180 Å². The van der Waals surface area contributed by atoms with Gasteiger partial charge in [-0.3, -0.25) is 14.4 Å². The van der Waals surface area contributed by atoms with Crippen molar-refractivity contribution in [2.24, 2.45) is 11.7 Å². The lowest BCUT2D eigenvalue weighted by Gasteiger charge is -2.41. The van der Waals surface area contributed by atoms with Gasteiger partial charge in [-0.25, -0.2) is 0 Å². The van der Waals surface area contributed by atoms with Gasteiger partial charge >= 0.3 is 0 Å². The molecule has 0 atom stereocenters. The number of nitrogens with zero attached hydrogens (tertiary/aromatic N) is 3. The number of fused-ring (bicyclic) bond motifs is 3. The first kappa shape index (κ1) is 20.6. The minimum absolute atomic E-state index is 0. The largest absolute Gasteiger partial charge is 0.336 e. The van der Waals surface area contributed by atoms with E-state index < -0.39 is 5.54 Å². The molecular weight excluding hydrogens is 412 g/mol. The Hall–Kier alpha value is -1.64. The summed E-state index contributed by atoms with van der Waals surface area (Å²) in [6, 6.07) is 0. The summed E-state index contributed by atoms with van der Waals surface area (Å²) in [5, 5.41) is 0.789. The SMILES string of the molecule is CN1CC(=O)N(CC2CC2)c2sc3c(c2C1=O)CCN(C(=O)C1(N)CCC1)C3.Cl. The topological polar surface area (TPSA) is 87.0 Å². The molecule has 7 nitrogen and oxygen atoms in total. The summed E-state index contributed by atoms with van der Waals surface area (Å²) in [4.78, 5) is 45.0. The Kier molecular flexibility index (Phi) is 5.16. The van der Waals surface area contributed by atoms with Crippen molar-refractivity contribution in [2.75, 3.05) is 31.6 Å². The molecule has 0 unspecified atom stereocenters. The van der Waals surface area contributed by atoms with E-state index in [1.54, 1.807) is 7.05 Å². The van der Waals surface area contributed by atoms with Gasteiger partial charge in [0, 0.05) is 25.0 Å². The first-order chi connectivity index (χ1) is 13.4. The van der Waals surface area contributed by atoms with Gasteiger partial charge in [0.15, 0.2) is 0 Å². The molecule has 2 aliphatic carbocycles. The summed E-state index contributed by atoms with van der Waals surface area (Å²) >= 11 is 1.52. The van der Waals surface area contributed by atoms with E-state index in [-0.39, 0.29) is 36.7 Å². The number of amides is 3. The van der Waals surface area contributed by atoms with E-state index >= 15 is 0 Å². The zero-order valence-electron chi connectivity index (χ0n) is 16.6. The van der Waals surface area contributed by atoms with Gasteiger partial charge in [-0.15, -0.1) is 23.7 Å². The molecule has 5 rings (SSSR count). The highest BCUT2D eigenvalue weighted by Gasteiger charge is 2.45. The second-order valence-electron chi connectivity index (χ2n) is 8.78. The van der Waals surface area contributed by atoms with Gasteiger partial charge in [-0.1, -0.05) is 0 Å². The molecule has 29 heavy (non-hydrogen) atoms. The molecule has 3 heterocycles. The third-order valence-corrected chi connectivity index (χ3v) is 7.85. The number of hydrogen-bond acceptors (Lipinski definition) is 5. The summed E-state index contributed by atoms with van der Waals surface area (Å²) in [6.45, 7) is 1.90. The molecule has 0 radical (unpaired) electrons. The molecule has 158 valence electrons. The zero-order chi connectivity index (χ0) is 19.6. The summed E-state index contributed by atoms with van der Waals surface area (Å²) in [5.74, 6) is 0.488. The molecule has 1 aromatic rings. The predicted molar refractivity (Wildman–Crippen MR) is 113 cm³/mol. The van der Waals surface area contributed by atoms with Crippen molar-refractivity contribution in [1.29, 1.82) is 0 Å². The average Bonchev–Trinajstić information content (AvgIpc) is 3.41. The monoisotopic (exact) mass is 438 g/mol. The number of likely N-dealkylation sites (N-methyl/N-ethyl adjacent to an activating group) is 1. The van der Waals surface area contributed by atoms with Crippen LogP contribution in [0.25, 0.3) is 0 Å². The third kappa shape index (κ3) is 3.35. The van der Waals surface area contributed by atoms with E-state index in [0.29, 0.717) is 37.5 Å². The predicted octanol–water partition coefficient (Wildman–Crippen LogP) is 1.76. The fourth-order valence-electron chi connectivity index (χ4n) is 4.47. The number of carbonyl (C=O) groups is 3. The summed E-state index contributed by atoms with van der Waals surface area (Å²) in [7, 11) is 1.70. The van der Waals surface area contributed by atoms with Gasteiger partial charge in [0.25, 0.3) is 5.91 Å². The van der Waals surface area contributed by atoms with Crippen molar-refractivity contribution in [2.45, 2.75) is 50.6 Å². The fraction of sp³-hybridized carbons (Fsp3) is 0.650. The van der Waals surface area contributed by atoms with E-state index in [0.717, 1.165) is 47.5 Å². The Morgan fingerprint density at radius 2 is 1.97 bits per heavy atom. The minimum Gasteiger partial charge on any atom is -0.336 e. The number of anilines is 1. The minimum atomic E-state index is -0.699. The first-order valence-electron chi connectivity index (χ1n) is 10.2. The van der Waals surface area contributed by atoms with Crippen LogP contribution in [0.4, 0.5) is 5.00 Å². The van der Waals surface area contributed by atoms with Crippen molar-refractivity contribution < 1.29 is 14.4 Å². The van der Waals surface area contributed by atoms with Crippen molar-refractivity contribution in [3.63, 3.8) is 0 Å². The van der Waals surface area contributed by atoms with Crippen molar-refractivity contribution in [3.8, 4) is 0 Å². The summed E-state index contributed by atoms with van der Waals surface area (Å²) in [5.41, 5.74) is 7.27. The highest BCUT2D eigenvalue weighted by molar-refractivity contribution is 7.17. The Morgan fingerprint density at radius 1 is 1.24 bits per heavy atom. The van der Waals surface area contributed by atoms with Crippen LogP contribution >= 0.6 is 23.7 Å². The summed E-state index contributed by atoms with van der Waals surface area (Å²) in [6.07, 6.45) is 5.46. The number of rotatable bonds is 3. The van der Waals surface area contributed by atoms with E-state index in [1.807, 2.05) is 9.80 Å². The van der Waals surface area contributed by atoms with Crippen LogP contribution < -0.4 is 10.6 Å². The van der Waals surface area contributed by atoms with Gasteiger partial charge in [-0.05, 0) is 50.0 Å². The van der Waals surface area contributed by atoms with Gasteiger partial charge < -0.3 is 20.4 Å². The average molecular weight is 439 g/mol. The van der Waals surface area contributed by atoms with Crippen molar-refractivity contribution in [3.05, 3.63) is 16.0 Å². The Balaban J connectivity index is 0.00000205. The Bertz CT molecular complexity index is 877. The van der Waals surface area contributed by atoms with Crippen LogP contribution in [0.2, 0.25) is 0 Å². The maximum Gasteiger partial charge on any atom is 0.257 e. The molecule has 2 N–H and O–H groups in total. The number of halogens is 1. The zero-order valence-corrected chi connectivity index (χ0v) is 18.2. The fourth-order valence-corrected chi connectivity index (χ4v) is 5.85. The number of hydrogen-bond donors (Lipinski definition) is 1. The van der Waals surface area contributed by atoms with Crippen molar-refractivity contribution >= 4 is 46.5 Å². The molecular formula is C20H27ClN4O3S. The number of thiophene rings is 1. The molecule has 0 saturated heterocycles. The first-order valence-corrected chi connectivity index (χ1v) is 11.0. The van der Waals surface area contributed by atoms with Crippen LogP contribution in [0.5, 0.6) is 0 Å². The molecule has 0 bridgehead atoms. The van der Waals surface area contributed by atoms with Crippen LogP contribution in [0.15, 0.2) is 0 Å². The lowest BCUT2D eigenvalue weighted by atomic mass is 9.76. The second-order valence-corrected chi connectivity index (χ2v) is 9.86. The number of nitrogens with two attached hydrogens (primary N) is 1. The Morgan fingerprint density at radius 3 is 2.59 bits per heavy atom. The van der Waals surface area contributed by atoms with Gasteiger partial charge in [0.1, 0.15) is 11.5 Å². The van der Waals surface area contributed by atoms with E-state index in [9.17, 15) is 14.4 Å². The van der Waals surface area contributed by atoms with Crippen LogP contribution in [0.3, 0.4) is 0 Å². The van der Waals surface area contributed by atoms with Gasteiger partial charge in [0.2, 0.25) is 11.8 Å². The lowest BCUT2D eigenvalue weighted by Crippen LogP contribution is -2.60. The van der Waals surface area contributed by atoms with Crippen LogP contribution in [-0.4, -0.2) is 59.7 Å². The van der Waals surface area contributed by atoms with E-state index in [1.165, 1.54) is 16.2 Å². The molecule has 9 heteroatoms. The molecule has 4 aliphatic rings. The highest BCUT2D eigenvalue weighted by Crippen LogP contribution is 2.43. The standard InChI is InChI=1S/C20H26N4O3S.ClH/c1-22-11-15(25)24(9-12-3-4-12)18-16(17(22)26)13-5-8-23(10-14(13)28-18)19(27)20(21)6-2-7-20;/h12H,2-11,21H2,1H3;1H. The van der Waals surface area contributed by atoms with Gasteiger partial charge in [0.05, 0.1) is 17.6 Å². The van der Waals surface area contributed by atoms with Crippen LogP contribution in [0, 0.1) is 5.92 Å². The maximum atomic E-state index is 13.0. The summed E-state index contributed by atoms with van der Waals surface area (Å²) < 4.78 is 0. The second kappa shape index (κ2) is 7.25. The normalized spacial score (nSPS) is 23.0. The van der Waals surface area contributed by atoms with Crippen LogP contribution in [0.1, 0.15) is 52.9 Å². The van der Waals surface area contributed by atoms with Gasteiger partial charge in [-0.2, -0.15) is 0 Å². The lowest BCUT2D eigenvalue weighted by molar-refractivity contribution is -0.141. The molecule has 0 aromatic carbocycles. The van der Waals surface area contributed by atoms with E-state index in [2.05, 4.69) is 0 Å². The highest BCUT2D eigenvalue weighted by atomic mass is 35.5. The molecule has 3 amide bonds. The number of carbonyl (C=O) groups excluding carboxylic acids is 3. The quantitative estimate of drug-likeness (QED) is 0.779.